The number of nitrogens with zero attached hydrogens (tertiary/aromatic N) is 2. The fourth-order valence-corrected chi connectivity index (χ4v) is 5.80. The molecule has 0 saturated carbocycles. The van der Waals surface area contributed by atoms with Gasteiger partial charge in [-0.25, -0.2) is 9.34 Å². The Morgan fingerprint density at radius 3 is 1.80 bits per heavy atom. The molecule has 5 heteroatoms. The third-order valence-electron chi connectivity index (χ3n) is 3.63. The molecule has 20 heavy (non-hydrogen) atoms. The molecule has 0 bridgehead atoms. The number of methoxy groups -OCH3 is 1. The van der Waals surface area contributed by atoms with Gasteiger partial charge in [-0.3, -0.25) is 4.57 Å². The summed E-state index contributed by atoms with van der Waals surface area (Å²) in [6.07, 6.45) is 0. The van der Waals surface area contributed by atoms with E-state index in [1.165, 1.54) is 0 Å². The molecule has 0 amide bonds. The van der Waals surface area contributed by atoms with Crippen LogP contribution in [0.25, 0.3) is 0 Å². The van der Waals surface area contributed by atoms with E-state index in [2.05, 4.69) is 37.0 Å². The Labute approximate surface area is 123 Å². The first-order valence-corrected chi connectivity index (χ1v) is 8.95. The number of benzene rings is 1. The molecule has 1 rings (SSSR count). The van der Waals surface area contributed by atoms with Crippen molar-refractivity contribution in [3.05, 3.63) is 24.3 Å². The van der Waals surface area contributed by atoms with Crippen LogP contribution in [0.3, 0.4) is 0 Å². The molecule has 0 aromatic heterocycles. The Hall–Kier alpha value is -0.830. The third kappa shape index (κ3) is 3.08. The Morgan fingerprint density at radius 2 is 1.40 bits per heavy atom. The molecule has 0 N–H and O–H groups in total. The lowest BCUT2D eigenvalue weighted by molar-refractivity contribution is 0.365. The van der Waals surface area contributed by atoms with Gasteiger partial charge in [-0.1, -0.05) is 39.8 Å². The van der Waals surface area contributed by atoms with Crippen LogP contribution in [-0.4, -0.2) is 42.6 Å². The average Bonchev–Trinajstić information content (AvgIpc) is 2.49. The lowest BCUT2D eigenvalue weighted by Crippen LogP contribution is -2.37. The average molecular weight is 298 g/mol. The summed E-state index contributed by atoms with van der Waals surface area (Å²) in [5.74, 6) is 0.703. The van der Waals surface area contributed by atoms with Gasteiger partial charge in [-0.15, -0.1) is 0 Å². The number of hydrogen-bond acceptors (Lipinski definition) is 2. The molecule has 0 aliphatic carbocycles. The van der Waals surface area contributed by atoms with Crippen LogP contribution >= 0.6 is 7.44 Å². The Kier molecular flexibility index (Phi) is 6.74. The van der Waals surface area contributed by atoms with Crippen LogP contribution in [0.15, 0.2) is 24.3 Å². The van der Waals surface area contributed by atoms with E-state index in [1.807, 2.05) is 24.3 Å². The fourth-order valence-electron chi connectivity index (χ4n) is 2.57. The predicted octanol–water partition coefficient (Wildman–Crippen LogP) is 3.20. The zero-order chi connectivity index (χ0) is 15.2. The molecule has 0 aliphatic heterocycles. The highest BCUT2D eigenvalue weighted by molar-refractivity contribution is 7.67. The lowest BCUT2D eigenvalue weighted by Gasteiger charge is -2.38. The number of para-hydroxylation sites is 1. The summed E-state index contributed by atoms with van der Waals surface area (Å²) < 4.78 is 23.4. The first kappa shape index (κ1) is 17.2. The molecular weight excluding hydrogens is 271 g/mol. The predicted molar refractivity (Wildman–Crippen MR) is 86.1 cm³/mol. The van der Waals surface area contributed by atoms with Gasteiger partial charge in [0.25, 0.3) is 0 Å². The smallest absolute Gasteiger partial charge is 0.249 e. The monoisotopic (exact) mass is 298 g/mol. The molecule has 1 aromatic carbocycles. The van der Waals surface area contributed by atoms with Crippen molar-refractivity contribution in [3.63, 3.8) is 0 Å². The SMILES string of the molecule is CCN(CC)P(=O)(c1ccccc1OC)N(CC)CC. The normalized spacial score (nSPS) is 12.2. The van der Waals surface area contributed by atoms with E-state index in [9.17, 15) is 4.57 Å². The van der Waals surface area contributed by atoms with Crippen LogP contribution < -0.4 is 10.0 Å². The van der Waals surface area contributed by atoms with E-state index < -0.39 is 7.44 Å². The summed E-state index contributed by atoms with van der Waals surface area (Å²) in [6, 6.07) is 7.65. The van der Waals surface area contributed by atoms with Crippen LogP contribution in [0.2, 0.25) is 0 Å². The van der Waals surface area contributed by atoms with Crippen molar-refractivity contribution in [3.8, 4) is 5.75 Å². The van der Waals surface area contributed by atoms with Crippen LogP contribution in [0.1, 0.15) is 27.7 Å². The summed E-state index contributed by atoms with van der Waals surface area (Å²) in [6.45, 7) is 11.2. The minimum Gasteiger partial charge on any atom is -0.496 e. The van der Waals surface area contributed by atoms with Gasteiger partial charge in [0, 0.05) is 26.2 Å². The van der Waals surface area contributed by atoms with Gasteiger partial charge >= 0.3 is 0 Å². The molecule has 114 valence electrons. The van der Waals surface area contributed by atoms with Gasteiger partial charge in [0.1, 0.15) is 5.75 Å². The minimum atomic E-state index is -2.80. The van der Waals surface area contributed by atoms with Crippen LogP contribution in [0, 0.1) is 0 Å². The molecule has 0 spiro atoms. The Balaban J connectivity index is 3.48. The highest BCUT2D eigenvalue weighted by Crippen LogP contribution is 2.53. The Morgan fingerprint density at radius 1 is 0.950 bits per heavy atom. The van der Waals surface area contributed by atoms with Gasteiger partial charge in [0.15, 0.2) is 0 Å². The van der Waals surface area contributed by atoms with Crippen molar-refractivity contribution < 1.29 is 9.30 Å². The topological polar surface area (TPSA) is 32.8 Å². The maximum atomic E-state index is 13.9. The maximum Gasteiger partial charge on any atom is 0.249 e. The summed E-state index contributed by atoms with van der Waals surface area (Å²) in [4.78, 5) is 0. The highest BCUT2D eigenvalue weighted by Gasteiger charge is 2.38. The second-order valence-electron chi connectivity index (χ2n) is 4.49. The van der Waals surface area contributed by atoms with Crippen molar-refractivity contribution in [1.29, 1.82) is 0 Å². The zero-order valence-corrected chi connectivity index (χ0v) is 14.2. The molecule has 0 atom stereocenters. The summed E-state index contributed by atoms with van der Waals surface area (Å²) >= 11 is 0. The Bertz CT molecular complexity index is 441. The summed E-state index contributed by atoms with van der Waals surface area (Å²) in [5, 5.41) is 0.801. The molecule has 0 fully saturated rings. The standard InChI is InChI=1S/C15H27N2O2P/c1-6-16(7-2)20(18,17(8-3)9-4)15-13-11-10-12-14(15)19-5/h10-13H,6-9H2,1-5H3. The molecule has 0 unspecified atom stereocenters. The van der Waals surface area contributed by atoms with Crippen LogP contribution in [-0.2, 0) is 4.57 Å². The molecule has 0 aliphatic rings. The van der Waals surface area contributed by atoms with Crippen molar-refractivity contribution in [1.82, 2.24) is 9.34 Å². The van der Waals surface area contributed by atoms with Gasteiger partial charge in [-0.2, -0.15) is 0 Å². The fraction of sp³-hybridized carbons (Fsp3) is 0.600. The quantitative estimate of drug-likeness (QED) is 0.690. The second kappa shape index (κ2) is 7.82. The van der Waals surface area contributed by atoms with Crippen molar-refractivity contribution in [2.24, 2.45) is 0 Å². The first-order valence-electron chi connectivity index (χ1n) is 7.34. The largest absolute Gasteiger partial charge is 0.496 e. The van der Waals surface area contributed by atoms with E-state index in [1.54, 1.807) is 7.11 Å². The molecule has 0 heterocycles. The van der Waals surface area contributed by atoms with Crippen LogP contribution in [0.4, 0.5) is 0 Å². The summed E-state index contributed by atoms with van der Waals surface area (Å²) in [5.41, 5.74) is 0. The highest BCUT2D eigenvalue weighted by atomic mass is 31.2. The van der Waals surface area contributed by atoms with E-state index in [-0.39, 0.29) is 0 Å². The van der Waals surface area contributed by atoms with E-state index in [4.69, 9.17) is 4.74 Å². The third-order valence-corrected chi connectivity index (χ3v) is 7.29. The maximum absolute atomic E-state index is 13.9. The van der Waals surface area contributed by atoms with Gasteiger partial charge in [0.05, 0.1) is 12.4 Å². The number of rotatable bonds is 8. The minimum absolute atomic E-state index is 0.703. The number of hydrogen-bond donors (Lipinski definition) is 0. The van der Waals surface area contributed by atoms with Gasteiger partial charge in [0.2, 0.25) is 7.44 Å². The van der Waals surface area contributed by atoms with Crippen LogP contribution in [0.5, 0.6) is 5.75 Å². The van der Waals surface area contributed by atoms with Crippen molar-refractivity contribution >= 4 is 12.7 Å². The van der Waals surface area contributed by atoms with E-state index in [0.29, 0.717) is 5.75 Å². The van der Waals surface area contributed by atoms with E-state index >= 15 is 0 Å². The van der Waals surface area contributed by atoms with Gasteiger partial charge in [-0.05, 0) is 12.1 Å². The van der Waals surface area contributed by atoms with Crippen molar-refractivity contribution in [2.75, 3.05) is 33.3 Å². The molecule has 0 radical (unpaired) electrons. The van der Waals surface area contributed by atoms with Gasteiger partial charge < -0.3 is 4.74 Å². The molecule has 0 saturated heterocycles. The zero-order valence-electron chi connectivity index (χ0n) is 13.3. The first-order chi connectivity index (χ1) is 9.59. The molecular formula is C15H27N2O2P. The van der Waals surface area contributed by atoms with Crippen molar-refractivity contribution in [2.45, 2.75) is 27.7 Å². The summed E-state index contributed by atoms with van der Waals surface area (Å²) in [7, 11) is -1.17. The number of ether oxygens (including phenoxy) is 1. The van der Waals surface area contributed by atoms with E-state index in [0.717, 1.165) is 31.5 Å². The second-order valence-corrected chi connectivity index (χ2v) is 7.19. The molecule has 4 nitrogen and oxygen atoms in total. The lowest BCUT2D eigenvalue weighted by atomic mass is 10.3. The molecule has 1 aromatic rings.